The molecule has 1 aliphatic rings. The van der Waals surface area contributed by atoms with Gasteiger partial charge in [-0.05, 0) is 50.3 Å². The van der Waals surface area contributed by atoms with Crippen LogP contribution in [0.25, 0.3) is 0 Å². The summed E-state index contributed by atoms with van der Waals surface area (Å²) in [5.74, 6) is 0. The number of hydrogen-bond acceptors (Lipinski definition) is 2. The van der Waals surface area contributed by atoms with E-state index in [0.29, 0.717) is 0 Å². The van der Waals surface area contributed by atoms with Crippen molar-refractivity contribution < 1.29 is 0 Å². The molecular formula is C14H21ClN2. The Bertz CT molecular complexity index is 370. The molecule has 2 rings (SSSR count). The minimum absolute atomic E-state index is 0.194. The lowest BCUT2D eigenvalue weighted by Gasteiger charge is -2.31. The highest BCUT2D eigenvalue weighted by Gasteiger charge is 2.15. The first-order chi connectivity index (χ1) is 8.16. The molecule has 2 nitrogen and oxygen atoms in total. The Morgan fingerprint density at radius 2 is 2.00 bits per heavy atom. The molecule has 94 valence electrons. The molecule has 0 amide bonds. The minimum atomic E-state index is 0.194. The summed E-state index contributed by atoms with van der Waals surface area (Å²) < 4.78 is 0. The van der Waals surface area contributed by atoms with E-state index in [1.807, 2.05) is 6.07 Å². The van der Waals surface area contributed by atoms with Crippen molar-refractivity contribution in [2.75, 3.05) is 18.0 Å². The fourth-order valence-corrected chi connectivity index (χ4v) is 2.65. The Morgan fingerprint density at radius 1 is 1.29 bits per heavy atom. The lowest BCUT2D eigenvalue weighted by Crippen LogP contribution is -2.31. The Hall–Kier alpha value is -0.730. The van der Waals surface area contributed by atoms with Crippen molar-refractivity contribution in [3.63, 3.8) is 0 Å². The normalized spacial score (nSPS) is 18.2. The molecule has 0 radical (unpaired) electrons. The standard InChI is InChI=1S/C14H21ClN2/c1-11(16)9-12-5-6-13(15)10-14(12)17-7-3-2-4-8-17/h5-6,10-11H,2-4,7-9,16H2,1H3. The fraction of sp³-hybridized carbons (Fsp3) is 0.571. The van der Waals surface area contributed by atoms with Crippen LogP contribution >= 0.6 is 11.6 Å². The van der Waals surface area contributed by atoms with Crippen LogP contribution < -0.4 is 10.6 Å². The number of halogens is 1. The van der Waals surface area contributed by atoms with Gasteiger partial charge in [0.05, 0.1) is 0 Å². The first-order valence-electron chi connectivity index (χ1n) is 6.46. The molecule has 1 aliphatic heterocycles. The third kappa shape index (κ3) is 3.36. The van der Waals surface area contributed by atoms with Gasteiger partial charge in [-0.25, -0.2) is 0 Å². The zero-order valence-electron chi connectivity index (χ0n) is 10.5. The molecule has 1 aromatic carbocycles. The predicted octanol–water partition coefficient (Wildman–Crippen LogP) is 3.22. The van der Waals surface area contributed by atoms with Crippen LogP contribution in [0.15, 0.2) is 18.2 Å². The maximum atomic E-state index is 6.11. The van der Waals surface area contributed by atoms with E-state index >= 15 is 0 Å². The van der Waals surface area contributed by atoms with Gasteiger partial charge in [0.25, 0.3) is 0 Å². The maximum Gasteiger partial charge on any atom is 0.0426 e. The highest BCUT2D eigenvalue weighted by atomic mass is 35.5. The van der Waals surface area contributed by atoms with E-state index in [1.54, 1.807) is 0 Å². The van der Waals surface area contributed by atoms with E-state index in [-0.39, 0.29) is 6.04 Å². The second kappa shape index (κ2) is 5.74. The Labute approximate surface area is 109 Å². The molecule has 1 atom stereocenters. The quantitative estimate of drug-likeness (QED) is 0.895. The van der Waals surface area contributed by atoms with Gasteiger partial charge in [0.15, 0.2) is 0 Å². The molecule has 3 heteroatoms. The van der Waals surface area contributed by atoms with E-state index in [9.17, 15) is 0 Å². The first-order valence-corrected chi connectivity index (χ1v) is 6.83. The van der Waals surface area contributed by atoms with Gasteiger partial charge in [0.2, 0.25) is 0 Å². The van der Waals surface area contributed by atoms with E-state index in [0.717, 1.165) is 24.5 Å². The summed E-state index contributed by atoms with van der Waals surface area (Å²) >= 11 is 6.11. The molecule has 0 bridgehead atoms. The lowest BCUT2D eigenvalue weighted by atomic mass is 10.0. The van der Waals surface area contributed by atoms with Crippen molar-refractivity contribution in [1.29, 1.82) is 0 Å². The Morgan fingerprint density at radius 3 is 2.65 bits per heavy atom. The molecule has 0 saturated carbocycles. The number of piperidine rings is 1. The molecular weight excluding hydrogens is 232 g/mol. The Kier molecular flexibility index (Phi) is 4.30. The van der Waals surface area contributed by atoms with E-state index in [2.05, 4.69) is 24.0 Å². The van der Waals surface area contributed by atoms with Crippen molar-refractivity contribution in [2.24, 2.45) is 5.73 Å². The largest absolute Gasteiger partial charge is 0.371 e. The van der Waals surface area contributed by atoms with Crippen LogP contribution in [-0.2, 0) is 6.42 Å². The summed E-state index contributed by atoms with van der Waals surface area (Å²) in [7, 11) is 0. The van der Waals surface area contributed by atoms with Gasteiger partial charge >= 0.3 is 0 Å². The summed E-state index contributed by atoms with van der Waals surface area (Å²) in [6.07, 6.45) is 4.83. The van der Waals surface area contributed by atoms with Crippen LogP contribution in [0.3, 0.4) is 0 Å². The second-order valence-corrected chi connectivity index (χ2v) is 5.44. The van der Waals surface area contributed by atoms with Gasteiger partial charge in [-0.2, -0.15) is 0 Å². The van der Waals surface area contributed by atoms with Crippen LogP contribution in [0.2, 0.25) is 5.02 Å². The summed E-state index contributed by atoms with van der Waals surface area (Å²) in [5.41, 5.74) is 8.52. The van der Waals surface area contributed by atoms with Gasteiger partial charge in [-0.3, -0.25) is 0 Å². The van der Waals surface area contributed by atoms with Crippen molar-refractivity contribution in [3.8, 4) is 0 Å². The van der Waals surface area contributed by atoms with Crippen molar-refractivity contribution >= 4 is 17.3 Å². The highest BCUT2D eigenvalue weighted by Crippen LogP contribution is 2.28. The molecule has 0 spiro atoms. The maximum absolute atomic E-state index is 6.11. The van der Waals surface area contributed by atoms with Crippen molar-refractivity contribution in [2.45, 2.75) is 38.6 Å². The average molecular weight is 253 g/mol. The number of benzene rings is 1. The van der Waals surface area contributed by atoms with Crippen LogP contribution in [0.4, 0.5) is 5.69 Å². The monoisotopic (exact) mass is 252 g/mol. The molecule has 17 heavy (non-hydrogen) atoms. The molecule has 1 aromatic rings. The number of rotatable bonds is 3. The third-order valence-corrected chi connectivity index (χ3v) is 3.52. The van der Waals surface area contributed by atoms with Gasteiger partial charge in [0, 0.05) is 29.8 Å². The third-order valence-electron chi connectivity index (χ3n) is 3.29. The van der Waals surface area contributed by atoms with E-state index < -0.39 is 0 Å². The van der Waals surface area contributed by atoms with Gasteiger partial charge in [-0.1, -0.05) is 17.7 Å². The second-order valence-electron chi connectivity index (χ2n) is 5.00. The summed E-state index contributed by atoms with van der Waals surface area (Å²) in [6, 6.07) is 6.37. The summed E-state index contributed by atoms with van der Waals surface area (Å²) in [5, 5.41) is 0.819. The Balaban J connectivity index is 2.25. The fourth-order valence-electron chi connectivity index (χ4n) is 2.49. The summed E-state index contributed by atoms with van der Waals surface area (Å²) in [4.78, 5) is 2.45. The zero-order valence-corrected chi connectivity index (χ0v) is 11.2. The SMILES string of the molecule is CC(N)Cc1ccc(Cl)cc1N1CCCCC1. The topological polar surface area (TPSA) is 29.3 Å². The number of nitrogens with zero attached hydrogens (tertiary/aromatic N) is 1. The minimum Gasteiger partial charge on any atom is -0.371 e. The molecule has 1 saturated heterocycles. The van der Waals surface area contributed by atoms with E-state index in [1.165, 1.54) is 30.5 Å². The van der Waals surface area contributed by atoms with Gasteiger partial charge in [0.1, 0.15) is 0 Å². The van der Waals surface area contributed by atoms with Gasteiger partial charge in [-0.15, -0.1) is 0 Å². The molecule has 1 unspecified atom stereocenters. The zero-order chi connectivity index (χ0) is 12.3. The molecule has 0 aliphatic carbocycles. The number of anilines is 1. The number of hydrogen-bond donors (Lipinski definition) is 1. The van der Waals surface area contributed by atoms with Crippen molar-refractivity contribution in [1.82, 2.24) is 0 Å². The van der Waals surface area contributed by atoms with Crippen molar-refractivity contribution in [3.05, 3.63) is 28.8 Å². The van der Waals surface area contributed by atoms with Crippen LogP contribution in [0, 0.1) is 0 Å². The average Bonchev–Trinajstić information content (AvgIpc) is 2.32. The smallest absolute Gasteiger partial charge is 0.0426 e. The predicted molar refractivity (Wildman–Crippen MR) is 74.9 cm³/mol. The van der Waals surface area contributed by atoms with E-state index in [4.69, 9.17) is 17.3 Å². The molecule has 0 aromatic heterocycles. The highest BCUT2D eigenvalue weighted by molar-refractivity contribution is 6.30. The van der Waals surface area contributed by atoms with Crippen LogP contribution in [-0.4, -0.2) is 19.1 Å². The first kappa shape index (κ1) is 12.7. The van der Waals surface area contributed by atoms with Crippen LogP contribution in [0.5, 0.6) is 0 Å². The van der Waals surface area contributed by atoms with Gasteiger partial charge < -0.3 is 10.6 Å². The summed E-state index contributed by atoms with van der Waals surface area (Å²) in [6.45, 7) is 4.34. The van der Waals surface area contributed by atoms with Crippen LogP contribution in [0.1, 0.15) is 31.7 Å². The lowest BCUT2D eigenvalue weighted by molar-refractivity contribution is 0.575. The molecule has 1 fully saturated rings. The molecule has 2 N–H and O–H groups in total. The number of nitrogens with two attached hydrogens (primary N) is 1. The molecule has 1 heterocycles.